The van der Waals surface area contributed by atoms with Crippen molar-refractivity contribution in [2.75, 3.05) is 27.2 Å². The number of amides is 3. The van der Waals surface area contributed by atoms with Gasteiger partial charge < -0.3 is 39.6 Å². The van der Waals surface area contributed by atoms with E-state index < -0.39 is 77.1 Å². The summed E-state index contributed by atoms with van der Waals surface area (Å²) in [5.41, 5.74) is 1.63. The highest BCUT2D eigenvalue weighted by Gasteiger charge is 2.76. The van der Waals surface area contributed by atoms with Gasteiger partial charge in [0.2, 0.25) is 17.7 Å². The highest BCUT2D eigenvalue weighted by molar-refractivity contribution is 5.94. The molecular weight excluding hydrogens is 736 g/mol. The van der Waals surface area contributed by atoms with Gasteiger partial charge in [0.15, 0.2) is 11.8 Å². The summed E-state index contributed by atoms with van der Waals surface area (Å²) in [6.07, 6.45) is 1.20. The predicted octanol–water partition coefficient (Wildman–Crippen LogP) is 1.97. The van der Waals surface area contributed by atoms with E-state index in [0.717, 1.165) is 22.3 Å². The van der Waals surface area contributed by atoms with Gasteiger partial charge in [0.05, 0.1) is 19.2 Å². The van der Waals surface area contributed by atoms with Gasteiger partial charge in [-0.25, -0.2) is 0 Å². The molecule has 2 bridgehead atoms. The van der Waals surface area contributed by atoms with Crippen LogP contribution in [0.3, 0.4) is 0 Å². The lowest BCUT2D eigenvalue weighted by Gasteiger charge is -2.48. The second kappa shape index (κ2) is 15.9. The molecule has 2 aliphatic carbocycles. The Labute approximate surface area is 331 Å². The topological polar surface area (TPSA) is 182 Å². The molecule has 3 heterocycles. The van der Waals surface area contributed by atoms with Crippen molar-refractivity contribution in [1.82, 2.24) is 20.6 Å². The first-order valence-electron chi connectivity index (χ1n) is 19.5. The number of carbonyl (C=O) groups is 5. The van der Waals surface area contributed by atoms with Gasteiger partial charge in [-0.1, -0.05) is 48.5 Å². The molecule has 7 atom stereocenters. The van der Waals surface area contributed by atoms with E-state index in [1.54, 1.807) is 40.9 Å². The zero-order valence-electron chi connectivity index (χ0n) is 33.0. The van der Waals surface area contributed by atoms with Crippen LogP contribution in [0.25, 0.3) is 6.08 Å². The van der Waals surface area contributed by atoms with Gasteiger partial charge in [0, 0.05) is 58.8 Å². The summed E-state index contributed by atoms with van der Waals surface area (Å²) in [6, 6.07) is 13.6. The number of nitrogens with zero attached hydrogens (tertiary/aromatic N) is 2. The fourth-order valence-electron chi connectivity index (χ4n) is 8.70. The number of aliphatic hydroxyl groups is 1. The van der Waals surface area contributed by atoms with Crippen molar-refractivity contribution >= 4 is 35.7 Å². The fourth-order valence-corrected chi connectivity index (χ4v) is 8.70. The number of esters is 2. The number of hydroxylamine groups is 2. The van der Waals surface area contributed by atoms with Crippen LogP contribution < -0.4 is 10.6 Å². The van der Waals surface area contributed by atoms with E-state index in [0.29, 0.717) is 12.8 Å². The van der Waals surface area contributed by atoms with Crippen LogP contribution in [0.5, 0.6) is 0 Å². The van der Waals surface area contributed by atoms with Crippen LogP contribution in [0.1, 0.15) is 68.7 Å². The number of likely N-dealkylation sites (N-methyl/N-ethyl adjacent to an activating group) is 1. The molecule has 3 amide bonds. The number of nitrogens with one attached hydrogen (secondary N) is 2. The standard InChI is InChI=1S/C42H52N4O11/c1-40(2,3)54-33(50)16-14-29(24-47)44-31(48)17-18-43-39(52)42-22-30-34-35(56-41(55-34)20-27-11-6-7-12-28(27)21-41)37(42)57-46(36(42)38(51)53-30)23-26-10-8-9-25(19-26)13-15-32(49)45(4)5/h6-13,15,19,29-30,34-37,47H,14,16-18,20-24H2,1-5H3,(H,43,52)(H,44,48). The fraction of sp³-hybridized carbons (Fsp3) is 0.548. The third-order valence-corrected chi connectivity index (χ3v) is 11.2. The van der Waals surface area contributed by atoms with Crippen LogP contribution in [0.4, 0.5) is 0 Å². The number of fused-ring (bicyclic) bond motifs is 5. The summed E-state index contributed by atoms with van der Waals surface area (Å²) in [6.45, 7) is 4.95. The second-order valence-electron chi connectivity index (χ2n) is 16.8. The van der Waals surface area contributed by atoms with Crippen LogP contribution >= 0.6 is 0 Å². The smallest absolute Gasteiger partial charge is 0.327 e. The largest absolute Gasteiger partial charge is 0.460 e. The van der Waals surface area contributed by atoms with Gasteiger partial charge in [0.1, 0.15) is 35.4 Å². The Kier molecular flexibility index (Phi) is 11.3. The first-order chi connectivity index (χ1) is 27.1. The lowest BCUT2D eigenvalue weighted by molar-refractivity contribution is -0.217. The average molecular weight is 789 g/mol. The van der Waals surface area contributed by atoms with Crippen LogP contribution in [-0.4, -0.2) is 120 Å². The van der Waals surface area contributed by atoms with Gasteiger partial charge in [-0.15, -0.1) is 0 Å². The van der Waals surface area contributed by atoms with E-state index in [4.69, 9.17) is 23.8 Å². The third kappa shape index (κ3) is 8.35. The lowest BCUT2D eigenvalue weighted by Crippen LogP contribution is -2.69. The zero-order valence-corrected chi connectivity index (χ0v) is 33.0. The lowest BCUT2D eigenvalue weighted by atomic mass is 9.62. The molecule has 7 rings (SSSR count). The van der Waals surface area contributed by atoms with Gasteiger partial charge in [0.25, 0.3) is 0 Å². The molecule has 1 saturated carbocycles. The van der Waals surface area contributed by atoms with E-state index in [9.17, 15) is 29.1 Å². The molecule has 3 aliphatic heterocycles. The van der Waals surface area contributed by atoms with Crippen molar-refractivity contribution in [1.29, 1.82) is 0 Å². The molecule has 0 radical (unpaired) electrons. The number of ether oxygens (including phenoxy) is 4. The quantitative estimate of drug-likeness (QED) is 0.199. The van der Waals surface area contributed by atoms with Gasteiger partial charge in [-0.05, 0) is 55.5 Å². The maximum Gasteiger partial charge on any atom is 0.327 e. The zero-order chi connectivity index (χ0) is 40.7. The van der Waals surface area contributed by atoms with E-state index in [2.05, 4.69) is 10.6 Å². The van der Waals surface area contributed by atoms with Crippen molar-refractivity contribution in [3.8, 4) is 0 Å². The minimum atomic E-state index is -1.45. The molecule has 15 heteroatoms. The van der Waals surface area contributed by atoms with Crippen molar-refractivity contribution in [3.63, 3.8) is 0 Å². The molecule has 4 fully saturated rings. The average Bonchev–Trinajstić information content (AvgIpc) is 3.83. The Hall–Kier alpha value is -4.67. The third-order valence-electron chi connectivity index (χ3n) is 11.2. The number of aliphatic hydroxyl groups excluding tert-OH is 1. The Morgan fingerprint density at radius 3 is 2.44 bits per heavy atom. The molecule has 2 aromatic carbocycles. The van der Waals surface area contributed by atoms with Gasteiger partial charge in [-0.3, -0.25) is 28.8 Å². The van der Waals surface area contributed by atoms with Gasteiger partial charge >= 0.3 is 11.9 Å². The van der Waals surface area contributed by atoms with Crippen LogP contribution in [0.2, 0.25) is 0 Å². The number of rotatable bonds is 13. The van der Waals surface area contributed by atoms with Crippen LogP contribution in [0.15, 0.2) is 54.6 Å². The number of hydrogen-bond donors (Lipinski definition) is 3. The van der Waals surface area contributed by atoms with Crippen molar-refractivity contribution in [2.24, 2.45) is 5.41 Å². The molecular formula is C42H52N4O11. The highest BCUT2D eigenvalue weighted by Crippen LogP contribution is 2.58. The van der Waals surface area contributed by atoms with E-state index in [-0.39, 0.29) is 51.3 Å². The van der Waals surface area contributed by atoms with E-state index >= 15 is 0 Å². The molecule has 1 spiro atoms. The SMILES string of the molecule is CN(C)C(=O)C=Cc1cccc(CN2OC3C4OC5(Cc6ccccc6C5)OC4C4CC3(C(=O)NCCC(=O)NC(CO)CCC(=O)OC(C)(C)C)C2C(=O)O4)c1. The molecule has 57 heavy (non-hydrogen) atoms. The molecule has 2 aromatic rings. The maximum atomic E-state index is 14.6. The summed E-state index contributed by atoms with van der Waals surface area (Å²) in [5.74, 6) is -3.15. The summed E-state index contributed by atoms with van der Waals surface area (Å²) in [5, 5.41) is 17.0. The number of benzene rings is 2. The normalized spacial score (nSPS) is 27.4. The first kappa shape index (κ1) is 40.5. The van der Waals surface area contributed by atoms with Gasteiger partial charge in [-0.2, -0.15) is 5.06 Å². The van der Waals surface area contributed by atoms with E-state index in [1.165, 1.54) is 16.0 Å². The highest BCUT2D eigenvalue weighted by atomic mass is 16.8. The molecule has 5 aliphatic rings. The van der Waals surface area contributed by atoms with Crippen LogP contribution in [0, 0.1) is 5.41 Å². The monoisotopic (exact) mass is 788 g/mol. The summed E-state index contributed by atoms with van der Waals surface area (Å²) >= 11 is 0. The summed E-state index contributed by atoms with van der Waals surface area (Å²) in [7, 11) is 3.34. The summed E-state index contributed by atoms with van der Waals surface area (Å²) in [4.78, 5) is 74.2. The Morgan fingerprint density at radius 2 is 1.75 bits per heavy atom. The molecule has 7 unspecified atom stereocenters. The Morgan fingerprint density at radius 1 is 1.04 bits per heavy atom. The molecule has 3 saturated heterocycles. The minimum Gasteiger partial charge on any atom is -0.460 e. The molecule has 15 nitrogen and oxygen atoms in total. The van der Waals surface area contributed by atoms with Crippen LogP contribution in [-0.2, 0) is 67.1 Å². The van der Waals surface area contributed by atoms with Crippen molar-refractivity contribution in [3.05, 3.63) is 76.9 Å². The van der Waals surface area contributed by atoms with E-state index in [1.807, 2.05) is 48.5 Å². The molecule has 3 N–H and O–H groups in total. The Balaban J connectivity index is 1.09. The van der Waals surface area contributed by atoms with Crippen molar-refractivity contribution < 1.29 is 52.9 Å². The molecule has 306 valence electrons. The first-order valence-corrected chi connectivity index (χ1v) is 19.5. The molecule has 0 aromatic heterocycles. The number of hydrogen-bond acceptors (Lipinski definition) is 12. The van der Waals surface area contributed by atoms with Crippen molar-refractivity contribution in [2.45, 2.75) is 114 Å². The Bertz CT molecular complexity index is 1900. The second-order valence-corrected chi connectivity index (χ2v) is 16.8. The number of carbonyl (C=O) groups excluding carboxylic acids is 5. The maximum absolute atomic E-state index is 14.6. The minimum absolute atomic E-state index is 0.0109. The summed E-state index contributed by atoms with van der Waals surface area (Å²) < 4.78 is 24.9. The predicted molar refractivity (Wildman–Crippen MR) is 203 cm³/mol.